The molecule has 1 aromatic rings. The van der Waals surface area contributed by atoms with Crippen LogP contribution >= 0.6 is 0 Å². The highest BCUT2D eigenvalue weighted by Crippen LogP contribution is 2.26. The number of likely N-dealkylation sites (tertiary alicyclic amines) is 1. The first kappa shape index (κ1) is 17.5. The third kappa shape index (κ3) is 4.38. The Morgan fingerprint density at radius 3 is 2.04 bits per heavy atom. The second-order valence-corrected chi connectivity index (χ2v) is 7.02. The molecule has 2 N–H and O–H groups in total. The Kier molecular flexibility index (Phi) is 5.36. The van der Waals surface area contributed by atoms with Crippen molar-refractivity contribution >= 4 is 29.1 Å². The molecule has 0 bridgehead atoms. The Morgan fingerprint density at radius 1 is 0.920 bits per heavy atom. The van der Waals surface area contributed by atoms with Crippen LogP contribution in [-0.4, -0.2) is 35.7 Å². The number of amides is 3. The predicted molar refractivity (Wildman–Crippen MR) is 96.0 cm³/mol. The van der Waals surface area contributed by atoms with Crippen molar-refractivity contribution in [2.45, 2.75) is 39.0 Å². The van der Waals surface area contributed by atoms with Crippen LogP contribution < -0.4 is 10.6 Å². The Morgan fingerprint density at radius 2 is 1.48 bits per heavy atom. The van der Waals surface area contributed by atoms with E-state index < -0.39 is 0 Å². The second kappa shape index (κ2) is 7.68. The molecule has 1 heterocycles. The molecule has 6 nitrogen and oxygen atoms in total. The van der Waals surface area contributed by atoms with Crippen LogP contribution in [0.4, 0.5) is 11.4 Å². The highest BCUT2D eigenvalue weighted by molar-refractivity contribution is 5.96. The molecule has 0 radical (unpaired) electrons. The third-order valence-electron chi connectivity index (χ3n) is 5.07. The summed E-state index contributed by atoms with van der Waals surface area (Å²) in [6.45, 7) is 2.45. The molecule has 0 atom stereocenters. The maximum Gasteiger partial charge on any atom is 0.231 e. The smallest absolute Gasteiger partial charge is 0.231 e. The van der Waals surface area contributed by atoms with E-state index in [1.807, 2.05) is 12.1 Å². The van der Waals surface area contributed by atoms with E-state index in [4.69, 9.17) is 0 Å². The zero-order valence-corrected chi connectivity index (χ0v) is 14.6. The minimum absolute atomic E-state index is 0.00327. The SMILES string of the molecule is CC(=O)N1CC(C(=O)Nc2cccc(NC(=O)C3CCCCC3)c2)C1. The Labute approximate surface area is 148 Å². The van der Waals surface area contributed by atoms with Crippen LogP contribution in [0.1, 0.15) is 39.0 Å². The Hall–Kier alpha value is -2.37. The first-order valence-electron chi connectivity index (χ1n) is 9.00. The largest absolute Gasteiger partial charge is 0.341 e. The van der Waals surface area contributed by atoms with Crippen LogP contribution in [0.15, 0.2) is 24.3 Å². The summed E-state index contributed by atoms with van der Waals surface area (Å²) in [5, 5.41) is 5.83. The first-order valence-corrected chi connectivity index (χ1v) is 9.00. The second-order valence-electron chi connectivity index (χ2n) is 7.02. The number of hydrogen-bond donors (Lipinski definition) is 2. The number of benzene rings is 1. The van der Waals surface area contributed by atoms with Crippen molar-refractivity contribution in [2.24, 2.45) is 11.8 Å². The molecule has 1 aliphatic carbocycles. The standard InChI is InChI=1S/C19H25N3O3/c1-13(23)22-11-15(12-22)19(25)21-17-9-5-8-16(10-17)20-18(24)14-6-3-2-4-7-14/h5,8-10,14-15H,2-4,6-7,11-12H2,1H3,(H,20,24)(H,21,25). The van der Waals surface area contributed by atoms with Gasteiger partial charge in [0, 0.05) is 37.3 Å². The van der Waals surface area contributed by atoms with Gasteiger partial charge in [-0.05, 0) is 31.0 Å². The molecule has 6 heteroatoms. The van der Waals surface area contributed by atoms with E-state index >= 15 is 0 Å². The van der Waals surface area contributed by atoms with E-state index in [1.165, 1.54) is 13.3 Å². The monoisotopic (exact) mass is 343 g/mol. The lowest BCUT2D eigenvalue weighted by atomic mass is 9.88. The lowest BCUT2D eigenvalue weighted by molar-refractivity contribution is -0.139. The molecule has 0 aromatic heterocycles. The van der Waals surface area contributed by atoms with Crippen LogP contribution in [0.2, 0.25) is 0 Å². The fourth-order valence-corrected chi connectivity index (χ4v) is 3.43. The first-order chi connectivity index (χ1) is 12.0. The zero-order valence-electron chi connectivity index (χ0n) is 14.6. The van der Waals surface area contributed by atoms with Gasteiger partial charge in [0.15, 0.2) is 0 Å². The van der Waals surface area contributed by atoms with Crippen molar-refractivity contribution in [2.75, 3.05) is 23.7 Å². The average Bonchev–Trinajstić information content (AvgIpc) is 2.54. The number of nitrogens with zero attached hydrogens (tertiary/aromatic N) is 1. The number of rotatable bonds is 4. The van der Waals surface area contributed by atoms with E-state index in [0.717, 1.165) is 25.7 Å². The molecule has 0 spiro atoms. The summed E-state index contributed by atoms with van der Waals surface area (Å²) in [6.07, 6.45) is 5.36. The Balaban J connectivity index is 1.53. The number of hydrogen-bond acceptors (Lipinski definition) is 3. The molecule has 25 heavy (non-hydrogen) atoms. The summed E-state index contributed by atoms with van der Waals surface area (Å²) in [4.78, 5) is 37.4. The third-order valence-corrected chi connectivity index (χ3v) is 5.07. The molecule has 2 aliphatic rings. The van der Waals surface area contributed by atoms with E-state index in [9.17, 15) is 14.4 Å². The predicted octanol–water partition coefficient (Wildman–Crippen LogP) is 2.62. The molecular formula is C19H25N3O3. The van der Waals surface area contributed by atoms with Crippen molar-refractivity contribution < 1.29 is 14.4 Å². The topological polar surface area (TPSA) is 78.5 Å². The molecule has 1 saturated carbocycles. The summed E-state index contributed by atoms with van der Waals surface area (Å²) in [6, 6.07) is 7.22. The van der Waals surface area contributed by atoms with E-state index in [0.29, 0.717) is 24.5 Å². The fraction of sp³-hybridized carbons (Fsp3) is 0.526. The van der Waals surface area contributed by atoms with Crippen LogP contribution in [0.3, 0.4) is 0 Å². The summed E-state index contributed by atoms with van der Waals surface area (Å²) in [5.41, 5.74) is 1.36. The van der Waals surface area contributed by atoms with Gasteiger partial charge in [0.25, 0.3) is 0 Å². The van der Waals surface area contributed by atoms with Crippen molar-refractivity contribution in [3.05, 3.63) is 24.3 Å². The molecule has 1 aliphatic heterocycles. The summed E-state index contributed by atoms with van der Waals surface area (Å²) < 4.78 is 0. The van der Waals surface area contributed by atoms with Gasteiger partial charge < -0.3 is 15.5 Å². The number of anilines is 2. The number of nitrogens with one attached hydrogen (secondary N) is 2. The molecule has 3 amide bonds. The summed E-state index contributed by atoms with van der Waals surface area (Å²) in [5.74, 6) is -0.0899. The van der Waals surface area contributed by atoms with Crippen LogP contribution in [0.5, 0.6) is 0 Å². The highest BCUT2D eigenvalue weighted by atomic mass is 16.2. The van der Waals surface area contributed by atoms with Crippen LogP contribution in [-0.2, 0) is 14.4 Å². The maximum atomic E-state index is 12.3. The molecule has 0 unspecified atom stereocenters. The van der Waals surface area contributed by atoms with E-state index in [2.05, 4.69) is 10.6 Å². The quantitative estimate of drug-likeness (QED) is 0.882. The minimum atomic E-state index is -0.163. The van der Waals surface area contributed by atoms with Crippen LogP contribution in [0, 0.1) is 11.8 Å². The zero-order chi connectivity index (χ0) is 17.8. The molecular weight excluding hydrogens is 318 g/mol. The minimum Gasteiger partial charge on any atom is -0.341 e. The van der Waals surface area contributed by atoms with E-state index in [1.54, 1.807) is 17.0 Å². The van der Waals surface area contributed by atoms with Crippen LogP contribution in [0.25, 0.3) is 0 Å². The summed E-state index contributed by atoms with van der Waals surface area (Å²) in [7, 11) is 0. The van der Waals surface area contributed by atoms with Crippen molar-refractivity contribution in [1.29, 1.82) is 0 Å². The molecule has 1 saturated heterocycles. The van der Waals surface area contributed by atoms with Gasteiger partial charge in [0.2, 0.25) is 17.7 Å². The maximum absolute atomic E-state index is 12.3. The van der Waals surface area contributed by atoms with Gasteiger partial charge in [-0.1, -0.05) is 25.3 Å². The van der Waals surface area contributed by atoms with Crippen molar-refractivity contribution in [3.63, 3.8) is 0 Å². The lowest BCUT2D eigenvalue weighted by Crippen LogP contribution is -2.53. The molecule has 1 aromatic carbocycles. The van der Waals surface area contributed by atoms with Gasteiger partial charge in [-0.25, -0.2) is 0 Å². The number of carbonyl (C=O) groups is 3. The average molecular weight is 343 g/mol. The summed E-state index contributed by atoms with van der Waals surface area (Å²) >= 11 is 0. The van der Waals surface area contributed by atoms with E-state index in [-0.39, 0.29) is 29.6 Å². The van der Waals surface area contributed by atoms with Gasteiger partial charge in [0.05, 0.1) is 5.92 Å². The molecule has 3 rings (SSSR count). The Bertz CT molecular complexity index is 662. The van der Waals surface area contributed by atoms with Gasteiger partial charge in [-0.15, -0.1) is 0 Å². The molecule has 134 valence electrons. The van der Waals surface area contributed by atoms with Gasteiger partial charge in [-0.3, -0.25) is 14.4 Å². The lowest BCUT2D eigenvalue weighted by Gasteiger charge is -2.37. The van der Waals surface area contributed by atoms with Crippen molar-refractivity contribution in [1.82, 2.24) is 4.90 Å². The normalized spacial score (nSPS) is 18.4. The van der Waals surface area contributed by atoms with Crippen molar-refractivity contribution in [3.8, 4) is 0 Å². The van der Waals surface area contributed by atoms with Gasteiger partial charge in [-0.2, -0.15) is 0 Å². The van der Waals surface area contributed by atoms with Gasteiger partial charge >= 0.3 is 0 Å². The fourth-order valence-electron chi connectivity index (χ4n) is 3.43. The van der Waals surface area contributed by atoms with Gasteiger partial charge in [0.1, 0.15) is 0 Å². The molecule has 2 fully saturated rings. The number of carbonyl (C=O) groups excluding carboxylic acids is 3. The highest BCUT2D eigenvalue weighted by Gasteiger charge is 2.34.